The summed E-state index contributed by atoms with van der Waals surface area (Å²) in [5.41, 5.74) is 7.11. The van der Waals surface area contributed by atoms with Crippen LogP contribution in [0.5, 0.6) is 0 Å². The Hall–Kier alpha value is -1.28. The van der Waals surface area contributed by atoms with Gasteiger partial charge in [0.15, 0.2) is 0 Å². The minimum Gasteiger partial charge on any atom is -0.347 e. The molecule has 0 bridgehead atoms. The molecule has 0 aliphatic heterocycles. The largest absolute Gasteiger partial charge is 0.347 e. The van der Waals surface area contributed by atoms with Crippen LogP contribution in [0.3, 0.4) is 0 Å². The van der Waals surface area contributed by atoms with E-state index in [1.165, 1.54) is 46.1 Å². The molecule has 0 amide bonds. The summed E-state index contributed by atoms with van der Waals surface area (Å²) >= 11 is 0. The van der Waals surface area contributed by atoms with Gasteiger partial charge in [-0.15, -0.1) is 0 Å². The smallest absolute Gasteiger partial charge is 0.0512 e. The number of aromatic nitrogens is 1. The minimum absolute atomic E-state index is 0.804. The molecule has 1 aromatic heterocycles. The monoisotopic (exact) mass is 256 g/mol. The maximum atomic E-state index is 3.63. The van der Waals surface area contributed by atoms with E-state index < -0.39 is 0 Å². The number of fused-ring (bicyclic) bond motifs is 1. The Morgan fingerprint density at radius 3 is 2.63 bits per heavy atom. The molecule has 1 aliphatic rings. The van der Waals surface area contributed by atoms with Crippen LogP contribution in [0, 0.1) is 20.8 Å². The van der Waals surface area contributed by atoms with Crippen LogP contribution in [-0.4, -0.2) is 17.2 Å². The maximum absolute atomic E-state index is 3.63. The predicted octanol–water partition coefficient (Wildman–Crippen LogP) is 3.40. The molecule has 19 heavy (non-hydrogen) atoms. The van der Waals surface area contributed by atoms with E-state index in [0.29, 0.717) is 0 Å². The lowest BCUT2D eigenvalue weighted by Crippen LogP contribution is -2.19. The molecule has 3 rings (SSSR count). The fraction of sp³-hybridized carbons (Fsp3) is 0.529. The quantitative estimate of drug-likeness (QED) is 0.887. The molecule has 2 heteroatoms. The van der Waals surface area contributed by atoms with Crippen molar-refractivity contribution in [2.75, 3.05) is 6.54 Å². The van der Waals surface area contributed by atoms with Crippen LogP contribution < -0.4 is 5.32 Å². The molecule has 0 spiro atoms. The topological polar surface area (TPSA) is 17.0 Å². The van der Waals surface area contributed by atoms with Crippen LogP contribution in [0.4, 0.5) is 0 Å². The lowest BCUT2D eigenvalue weighted by Gasteiger charge is -2.04. The molecular weight excluding hydrogens is 232 g/mol. The summed E-state index contributed by atoms with van der Waals surface area (Å²) in [7, 11) is 2.19. The van der Waals surface area contributed by atoms with Crippen molar-refractivity contribution < 1.29 is 0 Å². The van der Waals surface area contributed by atoms with Crippen molar-refractivity contribution in [3.8, 4) is 0 Å². The van der Waals surface area contributed by atoms with Gasteiger partial charge in [0.1, 0.15) is 0 Å². The highest BCUT2D eigenvalue weighted by molar-refractivity contribution is 5.88. The Morgan fingerprint density at radius 2 is 1.95 bits per heavy atom. The van der Waals surface area contributed by atoms with Crippen molar-refractivity contribution >= 4 is 10.9 Å². The van der Waals surface area contributed by atoms with Gasteiger partial charge in [-0.05, 0) is 63.8 Å². The van der Waals surface area contributed by atoms with Gasteiger partial charge in [0.05, 0.1) is 5.52 Å². The first-order valence-corrected chi connectivity index (χ1v) is 7.36. The van der Waals surface area contributed by atoms with E-state index in [1.807, 2.05) is 0 Å². The molecule has 1 aliphatic carbocycles. The zero-order valence-corrected chi connectivity index (χ0v) is 12.5. The molecule has 0 atom stereocenters. The van der Waals surface area contributed by atoms with E-state index in [0.717, 1.165) is 19.0 Å². The zero-order chi connectivity index (χ0) is 13.6. The lowest BCUT2D eigenvalue weighted by molar-refractivity contribution is 0.680. The van der Waals surface area contributed by atoms with Crippen LogP contribution in [0.25, 0.3) is 10.9 Å². The Morgan fingerprint density at radius 1 is 1.21 bits per heavy atom. The number of nitrogens with zero attached hydrogens (tertiary/aromatic N) is 1. The summed E-state index contributed by atoms with van der Waals surface area (Å²) in [5, 5.41) is 5.08. The van der Waals surface area contributed by atoms with E-state index >= 15 is 0 Å². The summed E-state index contributed by atoms with van der Waals surface area (Å²) < 4.78 is 2.36. The Kier molecular flexibility index (Phi) is 3.14. The van der Waals surface area contributed by atoms with Gasteiger partial charge in [0, 0.05) is 24.2 Å². The first-order valence-electron chi connectivity index (χ1n) is 7.36. The molecule has 0 unspecified atom stereocenters. The number of nitrogens with one attached hydrogen (secondary N) is 1. The van der Waals surface area contributed by atoms with Crippen LogP contribution in [0.1, 0.15) is 35.2 Å². The number of hydrogen-bond donors (Lipinski definition) is 1. The standard InChI is InChI=1S/C17H24N2/c1-11-9-12(2)17-16(10-11)15(13(3)19(17)4)7-8-18-14-5-6-14/h9-10,14,18H,5-8H2,1-4H3. The van der Waals surface area contributed by atoms with Crippen LogP contribution in [-0.2, 0) is 13.5 Å². The molecule has 1 aromatic carbocycles. The van der Waals surface area contributed by atoms with E-state index in [9.17, 15) is 0 Å². The van der Waals surface area contributed by atoms with Crippen molar-refractivity contribution in [1.29, 1.82) is 0 Å². The highest BCUT2D eigenvalue weighted by Crippen LogP contribution is 2.29. The molecule has 2 nitrogen and oxygen atoms in total. The van der Waals surface area contributed by atoms with Gasteiger partial charge >= 0.3 is 0 Å². The van der Waals surface area contributed by atoms with E-state index in [-0.39, 0.29) is 0 Å². The third-order valence-electron chi connectivity index (χ3n) is 4.43. The molecule has 102 valence electrons. The van der Waals surface area contributed by atoms with Crippen LogP contribution in [0.2, 0.25) is 0 Å². The lowest BCUT2D eigenvalue weighted by atomic mass is 10.0. The average molecular weight is 256 g/mol. The van der Waals surface area contributed by atoms with E-state index in [4.69, 9.17) is 0 Å². The second kappa shape index (κ2) is 4.68. The zero-order valence-electron chi connectivity index (χ0n) is 12.5. The average Bonchev–Trinajstić information content (AvgIpc) is 3.12. The normalized spacial score (nSPS) is 15.4. The summed E-state index contributed by atoms with van der Waals surface area (Å²) in [4.78, 5) is 0. The van der Waals surface area contributed by atoms with Gasteiger partial charge in [0.2, 0.25) is 0 Å². The fourth-order valence-corrected chi connectivity index (χ4v) is 3.20. The third kappa shape index (κ3) is 2.30. The molecular formula is C17H24N2. The Balaban J connectivity index is 1.98. The fourth-order valence-electron chi connectivity index (χ4n) is 3.20. The molecule has 1 heterocycles. The molecule has 1 N–H and O–H groups in total. The van der Waals surface area contributed by atoms with Crippen molar-refractivity contribution in [3.63, 3.8) is 0 Å². The van der Waals surface area contributed by atoms with Crippen molar-refractivity contribution in [3.05, 3.63) is 34.5 Å². The van der Waals surface area contributed by atoms with E-state index in [1.54, 1.807) is 0 Å². The summed E-state index contributed by atoms with van der Waals surface area (Å²) in [6, 6.07) is 5.44. The summed E-state index contributed by atoms with van der Waals surface area (Å²) in [6.07, 6.45) is 3.88. The minimum atomic E-state index is 0.804. The van der Waals surface area contributed by atoms with Crippen molar-refractivity contribution in [1.82, 2.24) is 9.88 Å². The van der Waals surface area contributed by atoms with Gasteiger partial charge in [-0.2, -0.15) is 0 Å². The molecule has 0 radical (unpaired) electrons. The SMILES string of the molecule is Cc1cc(C)c2c(c1)c(CCNC1CC1)c(C)n2C. The van der Waals surface area contributed by atoms with E-state index in [2.05, 4.69) is 49.8 Å². The summed E-state index contributed by atoms with van der Waals surface area (Å²) in [5.74, 6) is 0. The van der Waals surface area contributed by atoms with Gasteiger partial charge in [-0.25, -0.2) is 0 Å². The molecule has 1 fully saturated rings. The number of rotatable bonds is 4. The number of aryl methyl sites for hydroxylation is 3. The summed E-state index contributed by atoms with van der Waals surface area (Å²) in [6.45, 7) is 7.78. The van der Waals surface area contributed by atoms with Crippen molar-refractivity contribution in [2.24, 2.45) is 7.05 Å². The first kappa shape index (κ1) is 12.7. The second-order valence-electron chi connectivity index (χ2n) is 6.08. The van der Waals surface area contributed by atoms with Gasteiger partial charge in [-0.3, -0.25) is 0 Å². The number of hydrogen-bond acceptors (Lipinski definition) is 1. The predicted molar refractivity (Wildman–Crippen MR) is 81.9 cm³/mol. The highest BCUT2D eigenvalue weighted by atomic mass is 15.0. The van der Waals surface area contributed by atoms with Gasteiger partial charge in [0.25, 0.3) is 0 Å². The first-order chi connectivity index (χ1) is 9.08. The highest BCUT2D eigenvalue weighted by Gasteiger charge is 2.20. The molecule has 2 aromatic rings. The Bertz CT molecular complexity index is 618. The third-order valence-corrected chi connectivity index (χ3v) is 4.43. The molecule has 0 saturated heterocycles. The molecule has 1 saturated carbocycles. The number of benzene rings is 1. The van der Waals surface area contributed by atoms with Crippen LogP contribution in [0.15, 0.2) is 12.1 Å². The van der Waals surface area contributed by atoms with Gasteiger partial charge < -0.3 is 9.88 Å². The Labute approximate surface area is 115 Å². The van der Waals surface area contributed by atoms with Gasteiger partial charge in [-0.1, -0.05) is 11.6 Å². The van der Waals surface area contributed by atoms with Crippen LogP contribution >= 0.6 is 0 Å². The van der Waals surface area contributed by atoms with Crippen molar-refractivity contribution in [2.45, 2.75) is 46.1 Å². The second-order valence-corrected chi connectivity index (χ2v) is 6.08. The maximum Gasteiger partial charge on any atom is 0.0512 e.